The van der Waals surface area contributed by atoms with Crippen molar-refractivity contribution in [3.63, 3.8) is 0 Å². The first kappa shape index (κ1) is 11.8. The summed E-state index contributed by atoms with van der Waals surface area (Å²) in [6, 6.07) is 11.3. The number of benzene rings is 1. The number of nitrogens with zero attached hydrogens (tertiary/aromatic N) is 1. The molecule has 0 aliphatic rings. The van der Waals surface area contributed by atoms with Crippen LogP contribution in [0, 0.1) is 0 Å². The molecular formula is C13H13NO2S. The molecule has 17 heavy (non-hydrogen) atoms. The van der Waals surface area contributed by atoms with Crippen molar-refractivity contribution in [2.45, 2.75) is 11.8 Å². The number of esters is 1. The molecule has 0 fully saturated rings. The van der Waals surface area contributed by atoms with Crippen LogP contribution in [-0.2, 0) is 4.74 Å². The fourth-order valence-corrected chi connectivity index (χ4v) is 2.30. The summed E-state index contributed by atoms with van der Waals surface area (Å²) in [5.74, 6) is -0.275. The fraction of sp³-hybridized carbons (Fsp3) is 0.154. The highest BCUT2D eigenvalue weighted by molar-refractivity contribution is 7.97. The highest BCUT2D eigenvalue weighted by Gasteiger charge is 2.12. The quantitative estimate of drug-likeness (QED) is 0.777. The first-order chi connectivity index (χ1) is 8.31. The zero-order valence-corrected chi connectivity index (χ0v) is 10.3. The van der Waals surface area contributed by atoms with Crippen molar-refractivity contribution in [1.29, 1.82) is 0 Å². The van der Waals surface area contributed by atoms with Gasteiger partial charge in [0.25, 0.3) is 0 Å². The van der Waals surface area contributed by atoms with Crippen LogP contribution in [-0.4, -0.2) is 16.5 Å². The van der Waals surface area contributed by atoms with Gasteiger partial charge in [0, 0.05) is 17.3 Å². The van der Waals surface area contributed by atoms with Gasteiger partial charge in [-0.1, -0.05) is 12.1 Å². The van der Waals surface area contributed by atoms with E-state index in [1.807, 2.05) is 46.7 Å². The molecule has 0 radical (unpaired) electrons. The minimum absolute atomic E-state index is 0.275. The van der Waals surface area contributed by atoms with Crippen LogP contribution in [0.2, 0.25) is 0 Å². The molecule has 3 nitrogen and oxygen atoms in total. The van der Waals surface area contributed by atoms with Crippen molar-refractivity contribution in [2.24, 2.45) is 0 Å². The van der Waals surface area contributed by atoms with E-state index in [1.165, 1.54) is 11.9 Å². The monoisotopic (exact) mass is 247 g/mol. The second-order valence-electron chi connectivity index (χ2n) is 3.35. The van der Waals surface area contributed by atoms with E-state index >= 15 is 0 Å². The van der Waals surface area contributed by atoms with Crippen LogP contribution in [0.15, 0.2) is 53.7 Å². The van der Waals surface area contributed by atoms with Crippen molar-refractivity contribution in [3.8, 4) is 0 Å². The largest absolute Gasteiger partial charge is 0.462 e. The van der Waals surface area contributed by atoms with Crippen LogP contribution in [0.4, 0.5) is 0 Å². The number of carbonyl (C=O) groups is 1. The maximum absolute atomic E-state index is 11.7. The molecule has 0 spiro atoms. The Kier molecular flexibility index (Phi) is 3.88. The lowest BCUT2D eigenvalue weighted by Gasteiger charge is -2.08. The Morgan fingerprint density at radius 2 is 1.94 bits per heavy atom. The van der Waals surface area contributed by atoms with E-state index in [0.717, 1.165) is 4.90 Å². The van der Waals surface area contributed by atoms with Crippen LogP contribution >= 0.6 is 11.9 Å². The Balaban J connectivity index is 2.24. The van der Waals surface area contributed by atoms with Gasteiger partial charge in [-0.2, -0.15) is 0 Å². The van der Waals surface area contributed by atoms with E-state index in [-0.39, 0.29) is 5.97 Å². The molecule has 4 heteroatoms. The van der Waals surface area contributed by atoms with Gasteiger partial charge in [0.05, 0.1) is 12.2 Å². The zero-order valence-electron chi connectivity index (χ0n) is 9.50. The molecule has 0 unspecified atom stereocenters. The predicted octanol–water partition coefficient (Wildman–Crippen LogP) is 3.22. The summed E-state index contributed by atoms with van der Waals surface area (Å²) < 4.78 is 6.97. The van der Waals surface area contributed by atoms with Crippen LogP contribution in [0.1, 0.15) is 17.3 Å². The number of hydrogen-bond acceptors (Lipinski definition) is 3. The normalized spacial score (nSPS) is 10.2. The average molecular weight is 247 g/mol. The van der Waals surface area contributed by atoms with Gasteiger partial charge in [-0.25, -0.2) is 4.79 Å². The second kappa shape index (κ2) is 5.59. The lowest BCUT2D eigenvalue weighted by molar-refractivity contribution is 0.0522. The summed E-state index contributed by atoms with van der Waals surface area (Å²) >= 11 is 1.49. The summed E-state index contributed by atoms with van der Waals surface area (Å²) in [4.78, 5) is 12.6. The Morgan fingerprint density at radius 1 is 1.24 bits per heavy atom. The SMILES string of the molecule is CCOC(=O)c1ccccc1Sn1cccc1. The van der Waals surface area contributed by atoms with Gasteiger partial charge in [0.15, 0.2) is 0 Å². The highest BCUT2D eigenvalue weighted by atomic mass is 32.2. The van der Waals surface area contributed by atoms with Crippen molar-refractivity contribution in [2.75, 3.05) is 6.61 Å². The molecule has 88 valence electrons. The Morgan fingerprint density at radius 3 is 2.65 bits per heavy atom. The molecule has 0 aliphatic heterocycles. The third kappa shape index (κ3) is 2.91. The molecule has 0 amide bonds. The first-order valence-corrected chi connectivity index (χ1v) is 6.16. The minimum Gasteiger partial charge on any atom is -0.462 e. The molecular weight excluding hydrogens is 234 g/mol. The van der Waals surface area contributed by atoms with E-state index in [4.69, 9.17) is 4.74 Å². The standard InChI is InChI=1S/C13H13NO2S/c1-2-16-13(15)11-7-3-4-8-12(11)17-14-9-5-6-10-14/h3-10H,2H2,1H3. The number of ether oxygens (including phenoxy) is 1. The zero-order chi connectivity index (χ0) is 12.1. The molecule has 0 bridgehead atoms. The van der Waals surface area contributed by atoms with E-state index in [2.05, 4.69) is 0 Å². The van der Waals surface area contributed by atoms with Gasteiger partial charge in [-0.05, 0) is 43.1 Å². The van der Waals surface area contributed by atoms with Crippen LogP contribution in [0.3, 0.4) is 0 Å². The topological polar surface area (TPSA) is 31.2 Å². The van der Waals surface area contributed by atoms with Gasteiger partial charge in [0.1, 0.15) is 0 Å². The molecule has 2 rings (SSSR count). The van der Waals surface area contributed by atoms with Gasteiger partial charge in [-0.3, -0.25) is 3.97 Å². The molecule has 0 aliphatic carbocycles. The Hall–Kier alpha value is -1.68. The van der Waals surface area contributed by atoms with Crippen molar-refractivity contribution >= 4 is 17.9 Å². The van der Waals surface area contributed by atoms with E-state index < -0.39 is 0 Å². The molecule has 0 atom stereocenters. The third-order valence-corrected chi connectivity index (χ3v) is 3.17. The van der Waals surface area contributed by atoms with Crippen LogP contribution in [0.25, 0.3) is 0 Å². The van der Waals surface area contributed by atoms with Crippen molar-refractivity contribution in [1.82, 2.24) is 3.97 Å². The van der Waals surface area contributed by atoms with E-state index in [1.54, 1.807) is 13.0 Å². The van der Waals surface area contributed by atoms with Gasteiger partial charge in [-0.15, -0.1) is 0 Å². The smallest absolute Gasteiger partial charge is 0.339 e. The van der Waals surface area contributed by atoms with E-state index in [0.29, 0.717) is 12.2 Å². The van der Waals surface area contributed by atoms with Gasteiger partial charge in [0.2, 0.25) is 0 Å². The maximum atomic E-state index is 11.7. The van der Waals surface area contributed by atoms with E-state index in [9.17, 15) is 4.79 Å². The number of carbonyl (C=O) groups excluding carboxylic acids is 1. The summed E-state index contributed by atoms with van der Waals surface area (Å²) in [6.07, 6.45) is 3.87. The summed E-state index contributed by atoms with van der Waals surface area (Å²) in [6.45, 7) is 2.20. The molecule has 1 aromatic heterocycles. The number of aromatic nitrogens is 1. The third-order valence-electron chi connectivity index (χ3n) is 2.16. The van der Waals surface area contributed by atoms with Gasteiger partial charge < -0.3 is 4.74 Å². The van der Waals surface area contributed by atoms with Crippen LogP contribution in [0.5, 0.6) is 0 Å². The molecule has 1 heterocycles. The molecule has 0 saturated carbocycles. The highest BCUT2D eigenvalue weighted by Crippen LogP contribution is 2.24. The summed E-state index contributed by atoms with van der Waals surface area (Å²) in [5.41, 5.74) is 0.605. The summed E-state index contributed by atoms with van der Waals surface area (Å²) in [7, 11) is 0. The first-order valence-electron chi connectivity index (χ1n) is 5.38. The Bertz CT molecular complexity index is 494. The number of rotatable bonds is 4. The lowest BCUT2D eigenvalue weighted by Crippen LogP contribution is -2.06. The van der Waals surface area contributed by atoms with Crippen LogP contribution < -0.4 is 0 Å². The number of hydrogen-bond donors (Lipinski definition) is 0. The van der Waals surface area contributed by atoms with Crippen molar-refractivity contribution < 1.29 is 9.53 Å². The average Bonchev–Trinajstić information content (AvgIpc) is 2.83. The molecule has 0 saturated heterocycles. The predicted molar refractivity (Wildman–Crippen MR) is 68.1 cm³/mol. The summed E-state index contributed by atoms with van der Waals surface area (Å²) in [5, 5.41) is 0. The Labute approximate surface area is 105 Å². The fourth-order valence-electron chi connectivity index (χ4n) is 1.42. The lowest BCUT2D eigenvalue weighted by atomic mass is 10.2. The maximum Gasteiger partial charge on any atom is 0.339 e. The molecule has 0 N–H and O–H groups in total. The molecule has 2 aromatic rings. The minimum atomic E-state index is -0.275. The second-order valence-corrected chi connectivity index (χ2v) is 4.39. The van der Waals surface area contributed by atoms with Crippen molar-refractivity contribution in [3.05, 3.63) is 54.4 Å². The van der Waals surface area contributed by atoms with Gasteiger partial charge >= 0.3 is 5.97 Å². The molecule has 1 aromatic carbocycles.